The van der Waals surface area contributed by atoms with Crippen LogP contribution < -0.4 is 5.32 Å². The number of alkyl halides is 5. The Morgan fingerprint density at radius 1 is 1.19 bits per heavy atom. The number of carbonyl (C=O) groups is 1. The third-order valence-corrected chi connectivity index (χ3v) is 6.03. The first-order valence-electron chi connectivity index (χ1n) is 10.3. The number of hydrogen-bond acceptors (Lipinski definition) is 3. The molecule has 2 fully saturated rings. The van der Waals surface area contributed by atoms with Crippen molar-refractivity contribution in [3.8, 4) is 6.07 Å². The number of nitrogens with one attached hydrogen (secondary N) is 1. The molecule has 2 aliphatic carbocycles. The highest BCUT2D eigenvalue weighted by Gasteiger charge is 2.41. The third-order valence-electron chi connectivity index (χ3n) is 6.03. The van der Waals surface area contributed by atoms with Crippen molar-refractivity contribution in [2.75, 3.05) is 6.54 Å². The summed E-state index contributed by atoms with van der Waals surface area (Å²) in [6.07, 6.45) is -3.39. The van der Waals surface area contributed by atoms with Crippen LogP contribution in [0.2, 0.25) is 0 Å². The molecule has 2 heterocycles. The largest absolute Gasteiger partial charge is 0.435 e. The van der Waals surface area contributed by atoms with Gasteiger partial charge in [0.15, 0.2) is 5.69 Å². The zero-order valence-electron chi connectivity index (χ0n) is 16.6. The number of imidazole rings is 1. The molecule has 2 aliphatic rings. The third kappa shape index (κ3) is 4.65. The Hall–Kier alpha value is -2.70. The van der Waals surface area contributed by atoms with Gasteiger partial charge in [0.05, 0.1) is 5.69 Å². The summed E-state index contributed by atoms with van der Waals surface area (Å²) in [5.74, 6) is -3.21. The fraction of sp³-hybridized carbons (Fsp3) is 0.571. The van der Waals surface area contributed by atoms with Gasteiger partial charge < -0.3 is 5.32 Å². The Bertz CT molecular complexity index is 1040. The van der Waals surface area contributed by atoms with Crippen LogP contribution in [0.1, 0.15) is 66.0 Å². The van der Waals surface area contributed by atoms with E-state index in [1.165, 1.54) is 12.1 Å². The van der Waals surface area contributed by atoms with Gasteiger partial charge in [-0.2, -0.15) is 18.4 Å². The van der Waals surface area contributed by atoms with Crippen molar-refractivity contribution in [2.45, 2.75) is 57.0 Å². The van der Waals surface area contributed by atoms with Crippen LogP contribution in [0.25, 0.3) is 5.65 Å². The van der Waals surface area contributed by atoms with Gasteiger partial charge in [-0.05, 0) is 56.1 Å². The number of pyridine rings is 1. The Morgan fingerprint density at radius 2 is 1.87 bits per heavy atom. The number of hydrogen-bond donors (Lipinski definition) is 1. The number of nitriles is 1. The van der Waals surface area contributed by atoms with E-state index in [1.807, 2.05) is 6.07 Å². The molecule has 4 rings (SSSR count). The van der Waals surface area contributed by atoms with E-state index in [0.29, 0.717) is 12.5 Å². The Kier molecular flexibility index (Phi) is 5.40. The number of aromatic nitrogens is 2. The molecule has 0 bridgehead atoms. The summed E-state index contributed by atoms with van der Waals surface area (Å²) in [5.41, 5.74) is -1.60. The summed E-state index contributed by atoms with van der Waals surface area (Å²) in [6, 6.07) is 4.33. The number of nitrogens with zero attached hydrogens (tertiary/aromatic N) is 3. The smallest absolute Gasteiger partial charge is 0.352 e. The normalized spacial score (nSPS) is 19.4. The predicted octanol–water partition coefficient (Wildman–Crippen LogP) is 4.73. The molecule has 0 saturated heterocycles. The second kappa shape index (κ2) is 7.77. The molecule has 0 atom stereocenters. The van der Waals surface area contributed by atoms with E-state index >= 15 is 0 Å². The zero-order chi connectivity index (χ0) is 22.4. The molecule has 0 aromatic carbocycles. The van der Waals surface area contributed by atoms with E-state index < -0.39 is 23.7 Å². The average Bonchev–Trinajstić information content (AvgIpc) is 3.46. The summed E-state index contributed by atoms with van der Waals surface area (Å²) in [4.78, 5) is 16.1. The highest BCUT2D eigenvalue weighted by molar-refractivity contribution is 5.95. The van der Waals surface area contributed by atoms with E-state index in [2.05, 4.69) is 10.3 Å². The van der Waals surface area contributed by atoms with Crippen molar-refractivity contribution in [3.63, 3.8) is 0 Å². The Morgan fingerprint density at radius 3 is 2.45 bits per heavy atom. The van der Waals surface area contributed by atoms with Crippen LogP contribution in [-0.4, -0.2) is 27.8 Å². The fourth-order valence-corrected chi connectivity index (χ4v) is 4.10. The van der Waals surface area contributed by atoms with Crippen molar-refractivity contribution >= 4 is 11.6 Å². The van der Waals surface area contributed by atoms with Crippen molar-refractivity contribution in [3.05, 3.63) is 34.8 Å². The molecular weight excluding hydrogens is 419 g/mol. The van der Waals surface area contributed by atoms with Gasteiger partial charge in [-0.3, -0.25) is 9.20 Å². The first-order chi connectivity index (χ1) is 14.6. The highest BCUT2D eigenvalue weighted by Crippen LogP contribution is 2.40. The zero-order valence-corrected chi connectivity index (χ0v) is 16.6. The number of amides is 1. The molecule has 0 aliphatic heterocycles. The SMILES string of the molecule is N#Cc1cc(C(=O)NCC2CC2)cc2nc(C(F)(F)F)c(CC3CCC(F)(F)CC3)n12. The van der Waals surface area contributed by atoms with Gasteiger partial charge in [-0.1, -0.05) is 0 Å². The van der Waals surface area contributed by atoms with Gasteiger partial charge in [0.25, 0.3) is 5.91 Å². The van der Waals surface area contributed by atoms with Crippen LogP contribution in [0.5, 0.6) is 0 Å². The molecule has 31 heavy (non-hydrogen) atoms. The number of rotatable bonds is 5. The van der Waals surface area contributed by atoms with Gasteiger partial charge in [0.2, 0.25) is 5.92 Å². The lowest BCUT2D eigenvalue weighted by Gasteiger charge is -2.28. The fourth-order valence-electron chi connectivity index (χ4n) is 4.10. The van der Waals surface area contributed by atoms with Crippen LogP contribution in [0.4, 0.5) is 22.0 Å². The summed E-state index contributed by atoms with van der Waals surface area (Å²) in [6.45, 7) is 0.478. The Labute approximate surface area is 175 Å². The molecule has 0 unspecified atom stereocenters. The molecule has 1 N–H and O–H groups in total. The minimum Gasteiger partial charge on any atom is -0.352 e. The maximum absolute atomic E-state index is 13.7. The maximum Gasteiger partial charge on any atom is 0.435 e. The van der Waals surface area contributed by atoms with E-state index in [1.54, 1.807) is 0 Å². The second-order valence-corrected chi connectivity index (χ2v) is 8.50. The summed E-state index contributed by atoms with van der Waals surface area (Å²) < 4.78 is 69.2. The van der Waals surface area contributed by atoms with Gasteiger partial charge in [0, 0.05) is 24.9 Å². The summed E-state index contributed by atoms with van der Waals surface area (Å²) in [5, 5.41) is 12.3. The lowest BCUT2D eigenvalue weighted by molar-refractivity contribution is -0.141. The molecule has 1 amide bonds. The number of halogens is 5. The van der Waals surface area contributed by atoms with Crippen molar-refractivity contribution in [1.82, 2.24) is 14.7 Å². The molecule has 5 nitrogen and oxygen atoms in total. The molecular formula is C21H21F5N4O. The monoisotopic (exact) mass is 440 g/mol. The van der Waals surface area contributed by atoms with Crippen LogP contribution in [0, 0.1) is 23.2 Å². The topological polar surface area (TPSA) is 70.2 Å². The number of fused-ring (bicyclic) bond motifs is 1. The van der Waals surface area contributed by atoms with Gasteiger partial charge >= 0.3 is 6.18 Å². The highest BCUT2D eigenvalue weighted by atomic mass is 19.4. The van der Waals surface area contributed by atoms with Gasteiger partial charge in [-0.15, -0.1) is 0 Å². The van der Waals surface area contributed by atoms with Crippen molar-refractivity contribution < 1.29 is 26.7 Å². The van der Waals surface area contributed by atoms with Crippen LogP contribution in [-0.2, 0) is 12.6 Å². The summed E-state index contributed by atoms with van der Waals surface area (Å²) >= 11 is 0. The van der Waals surface area contributed by atoms with Crippen LogP contribution in [0.3, 0.4) is 0 Å². The lowest BCUT2D eigenvalue weighted by Crippen LogP contribution is -2.26. The standard InChI is InChI=1S/C21H21F5N4O/c22-20(23)5-3-12(4-6-20)7-16-18(21(24,25)26)29-17-9-14(8-15(10-27)30(16)17)19(31)28-11-13-1-2-13/h8-9,12-13H,1-7,11H2,(H,28,31). The minimum absolute atomic E-state index is 0.0623. The molecule has 0 radical (unpaired) electrons. The molecule has 0 spiro atoms. The first-order valence-corrected chi connectivity index (χ1v) is 10.3. The van der Waals surface area contributed by atoms with Gasteiger partial charge in [0.1, 0.15) is 17.4 Å². The quantitative estimate of drug-likeness (QED) is 0.684. The van der Waals surface area contributed by atoms with E-state index in [4.69, 9.17) is 0 Å². The van der Waals surface area contributed by atoms with E-state index in [-0.39, 0.29) is 60.6 Å². The van der Waals surface area contributed by atoms with Crippen LogP contribution in [0.15, 0.2) is 12.1 Å². The molecule has 10 heteroatoms. The van der Waals surface area contributed by atoms with Crippen molar-refractivity contribution in [2.24, 2.45) is 11.8 Å². The number of carbonyl (C=O) groups excluding carboxylic acids is 1. The van der Waals surface area contributed by atoms with E-state index in [9.17, 15) is 32.0 Å². The molecule has 2 aromatic rings. The first kappa shape index (κ1) is 21.5. The molecule has 166 valence electrons. The van der Waals surface area contributed by atoms with Gasteiger partial charge in [-0.25, -0.2) is 13.8 Å². The van der Waals surface area contributed by atoms with E-state index in [0.717, 1.165) is 17.2 Å². The average molecular weight is 440 g/mol. The maximum atomic E-state index is 13.7. The Balaban J connectivity index is 1.71. The van der Waals surface area contributed by atoms with Crippen molar-refractivity contribution in [1.29, 1.82) is 5.26 Å². The molecule has 2 aromatic heterocycles. The molecule has 2 saturated carbocycles. The summed E-state index contributed by atoms with van der Waals surface area (Å²) in [7, 11) is 0. The lowest BCUT2D eigenvalue weighted by atomic mass is 9.83. The second-order valence-electron chi connectivity index (χ2n) is 8.50. The predicted molar refractivity (Wildman–Crippen MR) is 101 cm³/mol. The van der Waals surface area contributed by atoms with Crippen LogP contribution >= 0.6 is 0 Å². The minimum atomic E-state index is -4.78.